The van der Waals surface area contributed by atoms with Gasteiger partial charge in [-0.2, -0.15) is 5.26 Å². The molecule has 0 aromatic rings. The van der Waals surface area contributed by atoms with Crippen molar-refractivity contribution in [3.05, 3.63) is 12.2 Å². The Hall–Kier alpha value is -0.770. The monoisotopic (exact) mass is 109 g/mol. The average molecular weight is 109 g/mol. The van der Waals surface area contributed by atoms with Crippen molar-refractivity contribution in [2.45, 2.75) is 20.3 Å². The van der Waals surface area contributed by atoms with E-state index in [-0.39, 0.29) is 0 Å². The summed E-state index contributed by atoms with van der Waals surface area (Å²) in [4.78, 5) is 0. The summed E-state index contributed by atoms with van der Waals surface area (Å²) in [7, 11) is 0. The van der Waals surface area contributed by atoms with Crippen molar-refractivity contribution in [2.75, 3.05) is 0 Å². The molecule has 0 fully saturated rings. The lowest BCUT2D eigenvalue weighted by molar-refractivity contribution is 0.698. The van der Waals surface area contributed by atoms with Crippen molar-refractivity contribution >= 4 is 0 Å². The van der Waals surface area contributed by atoms with Crippen LogP contribution in [0.1, 0.15) is 20.3 Å². The Morgan fingerprint density at radius 1 is 1.75 bits per heavy atom. The van der Waals surface area contributed by atoms with Gasteiger partial charge in [0.05, 0.1) is 6.07 Å². The lowest BCUT2D eigenvalue weighted by Gasteiger charge is -1.94. The molecule has 1 nitrogen and oxygen atoms in total. The van der Waals surface area contributed by atoms with Crippen LogP contribution in [0.25, 0.3) is 0 Å². The van der Waals surface area contributed by atoms with Crippen LogP contribution < -0.4 is 0 Å². The van der Waals surface area contributed by atoms with E-state index in [4.69, 9.17) is 5.26 Å². The van der Waals surface area contributed by atoms with Gasteiger partial charge >= 0.3 is 0 Å². The number of rotatable bonds is 2. The second-order valence-corrected chi connectivity index (χ2v) is 1.87. The maximum atomic E-state index is 8.07. The van der Waals surface area contributed by atoms with E-state index in [1.165, 1.54) is 6.08 Å². The molecule has 0 radical (unpaired) electrons. The first kappa shape index (κ1) is 7.23. The van der Waals surface area contributed by atoms with Gasteiger partial charge in [0.15, 0.2) is 0 Å². The molecule has 0 rings (SSSR count). The number of allylic oxidation sites excluding steroid dienone is 2. The number of nitrogens with zero attached hydrogens (tertiary/aromatic N) is 1. The molecule has 0 heterocycles. The summed E-state index contributed by atoms with van der Waals surface area (Å²) in [5.74, 6) is 0.551. The Morgan fingerprint density at radius 2 is 2.38 bits per heavy atom. The van der Waals surface area contributed by atoms with Crippen LogP contribution in [0.15, 0.2) is 12.2 Å². The summed E-state index contributed by atoms with van der Waals surface area (Å²) in [6, 6.07) is 1.95. The van der Waals surface area contributed by atoms with Crippen LogP contribution in [0.5, 0.6) is 0 Å². The Balaban J connectivity index is 3.40. The molecule has 0 aromatic heterocycles. The SMILES string of the molecule is CCC(C)C=CC#N. The molecule has 1 unspecified atom stereocenters. The van der Waals surface area contributed by atoms with E-state index in [2.05, 4.69) is 13.8 Å². The molecule has 0 amide bonds. The minimum atomic E-state index is 0.551. The number of hydrogen-bond donors (Lipinski definition) is 0. The van der Waals surface area contributed by atoms with Crippen LogP contribution in [-0.2, 0) is 0 Å². The Bertz CT molecular complexity index is 108. The summed E-state index contributed by atoms with van der Waals surface area (Å²) in [5, 5.41) is 8.07. The first-order valence-corrected chi connectivity index (χ1v) is 2.87. The third-order valence-corrected chi connectivity index (χ3v) is 1.14. The molecule has 0 saturated heterocycles. The summed E-state index contributed by atoms with van der Waals surface area (Å²) in [6.07, 6.45) is 4.56. The Labute approximate surface area is 50.6 Å². The first-order valence-electron chi connectivity index (χ1n) is 2.87. The maximum Gasteiger partial charge on any atom is 0.0908 e. The highest BCUT2D eigenvalue weighted by Crippen LogP contribution is 2.00. The highest BCUT2D eigenvalue weighted by Gasteiger charge is 1.87. The number of hydrogen-bond acceptors (Lipinski definition) is 1. The first-order chi connectivity index (χ1) is 3.81. The van der Waals surface area contributed by atoms with E-state index < -0.39 is 0 Å². The van der Waals surface area contributed by atoms with Crippen molar-refractivity contribution in [3.8, 4) is 6.07 Å². The summed E-state index contributed by atoms with van der Waals surface area (Å²) in [5.41, 5.74) is 0. The largest absolute Gasteiger partial charge is 0.193 e. The Kier molecular flexibility index (Phi) is 3.97. The molecule has 0 N–H and O–H groups in total. The molecule has 0 saturated carbocycles. The second-order valence-electron chi connectivity index (χ2n) is 1.87. The second kappa shape index (κ2) is 4.39. The zero-order valence-electron chi connectivity index (χ0n) is 5.39. The molecule has 8 heavy (non-hydrogen) atoms. The van der Waals surface area contributed by atoms with Gasteiger partial charge in [0.25, 0.3) is 0 Å². The van der Waals surface area contributed by atoms with E-state index in [9.17, 15) is 0 Å². The molecular weight excluding hydrogens is 98.1 g/mol. The molecule has 1 atom stereocenters. The third kappa shape index (κ3) is 3.42. The van der Waals surface area contributed by atoms with Gasteiger partial charge in [0.1, 0.15) is 0 Å². The third-order valence-electron chi connectivity index (χ3n) is 1.14. The predicted molar refractivity (Wildman–Crippen MR) is 34.2 cm³/mol. The lowest BCUT2D eigenvalue weighted by atomic mass is 10.1. The van der Waals surface area contributed by atoms with Crippen LogP contribution in [0.2, 0.25) is 0 Å². The van der Waals surface area contributed by atoms with Crippen molar-refractivity contribution in [2.24, 2.45) is 5.92 Å². The zero-order valence-corrected chi connectivity index (χ0v) is 5.39. The summed E-state index contributed by atoms with van der Waals surface area (Å²) in [6.45, 7) is 4.19. The van der Waals surface area contributed by atoms with Gasteiger partial charge < -0.3 is 0 Å². The van der Waals surface area contributed by atoms with Gasteiger partial charge in [0, 0.05) is 6.08 Å². The smallest absolute Gasteiger partial charge is 0.0908 e. The van der Waals surface area contributed by atoms with E-state index >= 15 is 0 Å². The molecule has 0 aliphatic heterocycles. The topological polar surface area (TPSA) is 23.8 Å². The zero-order chi connectivity index (χ0) is 6.41. The molecule has 0 spiro atoms. The molecule has 0 aliphatic rings. The van der Waals surface area contributed by atoms with Crippen LogP contribution >= 0.6 is 0 Å². The fraction of sp³-hybridized carbons (Fsp3) is 0.571. The molecule has 0 bridgehead atoms. The van der Waals surface area contributed by atoms with E-state index in [1.807, 2.05) is 12.1 Å². The predicted octanol–water partition coefficient (Wildman–Crippen LogP) is 2.11. The van der Waals surface area contributed by atoms with Gasteiger partial charge in [-0.25, -0.2) is 0 Å². The van der Waals surface area contributed by atoms with Crippen molar-refractivity contribution in [3.63, 3.8) is 0 Å². The Morgan fingerprint density at radius 3 is 2.75 bits per heavy atom. The highest BCUT2D eigenvalue weighted by molar-refractivity contribution is 5.02. The molecular formula is C7H11N. The van der Waals surface area contributed by atoms with Crippen LogP contribution in [0.3, 0.4) is 0 Å². The molecule has 0 aromatic carbocycles. The lowest BCUT2D eigenvalue weighted by Crippen LogP contribution is -1.82. The van der Waals surface area contributed by atoms with E-state index in [0.717, 1.165) is 6.42 Å². The van der Waals surface area contributed by atoms with Gasteiger partial charge in [0.2, 0.25) is 0 Å². The van der Waals surface area contributed by atoms with Crippen molar-refractivity contribution in [1.29, 1.82) is 5.26 Å². The molecule has 0 aliphatic carbocycles. The molecule has 44 valence electrons. The quantitative estimate of drug-likeness (QED) is 0.498. The summed E-state index contributed by atoms with van der Waals surface area (Å²) < 4.78 is 0. The van der Waals surface area contributed by atoms with Gasteiger partial charge in [-0.3, -0.25) is 0 Å². The van der Waals surface area contributed by atoms with Crippen LogP contribution in [0, 0.1) is 17.2 Å². The van der Waals surface area contributed by atoms with Gasteiger partial charge in [-0.1, -0.05) is 26.3 Å². The fourth-order valence-electron chi connectivity index (χ4n) is 0.343. The standard InChI is InChI=1S/C7H11N/c1-3-7(2)5-4-6-8/h4-5,7H,3H2,1-2H3. The van der Waals surface area contributed by atoms with Crippen LogP contribution in [0.4, 0.5) is 0 Å². The minimum Gasteiger partial charge on any atom is -0.193 e. The number of nitriles is 1. The van der Waals surface area contributed by atoms with E-state index in [0.29, 0.717) is 5.92 Å². The minimum absolute atomic E-state index is 0.551. The molecule has 1 heteroatoms. The normalized spacial score (nSPS) is 13.6. The van der Waals surface area contributed by atoms with Crippen molar-refractivity contribution < 1.29 is 0 Å². The maximum absolute atomic E-state index is 8.07. The van der Waals surface area contributed by atoms with Crippen molar-refractivity contribution in [1.82, 2.24) is 0 Å². The summed E-state index contributed by atoms with van der Waals surface area (Å²) >= 11 is 0. The van der Waals surface area contributed by atoms with Gasteiger partial charge in [-0.05, 0) is 5.92 Å². The van der Waals surface area contributed by atoms with E-state index in [1.54, 1.807) is 0 Å². The van der Waals surface area contributed by atoms with Gasteiger partial charge in [-0.15, -0.1) is 0 Å². The van der Waals surface area contributed by atoms with Crippen LogP contribution in [-0.4, -0.2) is 0 Å². The average Bonchev–Trinajstić information content (AvgIpc) is 1.83. The fourth-order valence-corrected chi connectivity index (χ4v) is 0.343. The highest BCUT2D eigenvalue weighted by atomic mass is 14.2.